The molecule has 0 heterocycles. The minimum atomic E-state index is -0.188. The molecule has 0 saturated carbocycles. The summed E-state index contributed by atoms with van der Waals surface area (Å²) in [5.41, 5.74) is 9.17. The minimum Gasteiger partial charge on any atom is -0.497 e. The van der Waals surface area contributed by atoms with E-state index in [0.717, 1.165) is 22.4 Å². The van der Waals surface area contributed by atoms with E-state index in [0.29, 0.717) is 6.42 Å². The first-order valence-electron chi connectivity index (χ1n) is 6.32. The Labute approximate surface area is 113 Å². The lowest BCUT2D eigenvalue weighted by Crippen LogP contribution is -2.26. The third-order valence-electron chi connectivity index (χ3n) is 3.11. The minimum absolute atomic E-state index is 0.0141. The second-order valence-corrected chi connectivity index (χ2v) is 4.57. The van der Waals surface area contributed by atoms with E-state index in [1.165, 1.54) is 0 Å². The molecule has 0 aliphatic carbocycles. The van der Waals surface area contributed by atoms with E-state index in [1.807, 2.05) is 24.3 Å². The van der Waals surface area contributed by atoms with Crippen molar-refractivity contribution >= 4 is 0 Å². The molecule has 2 aromatic rings. The van der Waals surface area contributed by atoms with Crippen LogP contribution in [0.3, 0.4) is 0 Å². The number of benzene rings is 2. The van der Waals surface area contributed by atoms with Crippen LogP contribution in [-0.4, -0.2) is 24.9 Å². The van der Waals surface area contributed by atoms with Gasteiger partial charge in [-0.2, -0.15) is 0 Å². The highest BCUT2D eigenvalue weighted by Gasteiger charge is 2.03. The van der Waals surface area contributed by atoms with Crippen molar-refractivity contribution in [1.29, 1.82) is 0 Å². The normalized spacial score (nSPS) is 12.2. The van der Waals surface area contributed by atoms with Crippen LogP contribution in [0.1, 0.15) is 5.56 Å². The maximum Gasteiger partial charge on any atom is 0.118 e. The van der Waals surface area contributed by atoms with Crippen LogP contribution < -0.4 is 10.5 Å². The van der Waals surface area contributed by atoms with Gasteiger partial charge in [0, 0.05) is 6.04 Å². The van der Waals surface area contributed by atoms with Crippen molar-refractivity contribution in [2.24, 2.45) is 5.73 Å². The van der Waals surface area contributed by atoms with Crippen molar-refractivity contribution in [1.82, 2.24) is 0 Å². The van der Waals surface area contributed by atoms with Crippen molar-refractivity contribution in [3.05, 3.63) is 54.1 Å². The zero-order chi connectivity index (χ0) is 13.7. The molecule has 1 atom stereocenters. The predicted octanol–water partition coefficient (Wildman–Crippen LogP) is 2.22. The summed E-state index contributed by atoms with van der Waals surface area (Å²) in [5, 5.41) is 8.94. The number of hydrogen-bond donors (Lipinski definition) is 2. The Bertz CT molecular complexity index is 505. The molecule has 0 saturated heterocycles. The Morgan fingerprint density at radius 1 is 1.00 bits per heavy atom. The van der Waals surface area contributed by atoms with Crippen LogP contribution in [0.25, 0.3) is 11.1 Å². The molecule has 0 aliphatic rings. The van der Waals surface area contributed by atoms with Crippen molar-refractivity contribution < 1.29 is 9.84 Å². The van der Waals surface area contributed by atoms with Gasteiger partial charge in [0.15, 0.2) is 0 Å². The molecule has 1 unspecified atom stereocenters. The van der Waals surface area contributed by atoms with Gasteiger partial charge in [-0.05, 0) is 35.2 Å². The van der Waals surface area contributed by atoms with Gasteiger partial charge in [-0.15, -0.1) is 0 Å². The van der Waals surface area contributed by atoms with Crippen molar-refractivity contribution in [2.75, 3.05) is 13.7 Å². The third-order valence-corrected chi connectivity index (χ3v) is 3.11. The quantitative estimate of drug-likeness (QED) is 0.863. The van der Waals surface area contributed by atoms with Crippen molar-refractivity contribution in [2.45, 2.75) is 12.5 Å². The first-order valence-corrected chi connectivity index (χ1v) is 6.32. The molecule has 19 heavy (non-hydrogen) atoms. The summed E-state index contributed by atoms with van der Waals surface area (Å²) < 4.78 is 5.14. The highest BCUT2D eigenvalue weighted by Crippen LogP contribution is 2.22. The zero-order valence-electron chi connectivity index (χ0n) is 11.0. The number of aliphatic hydroxyl groups is 1. The Hall–Kier alpha value is -1.84. The molecular formula is C16H19NO2. The molecule has 2 aromatic carbocycles. The van der Waals surface area contributed by atoms with Crippen LogP contribution >= 0.6 is 0 Å². The first kappa shape index (κ1) is 13.6. The lowest BCUT2D eigenvalue weighted by Gasteiger charge is -2.09. The summed E-state index contributed by atoms with van der Waals surface area (Å²) in [6.07, 6.45) is 0.694. The van der Waals surface area contributed by atoms with Crippen molar-refractivity contribution in [3.8, 4) is 16.9 Å². The standard InChI is InChI=1S/C16H19NO2/c1-19-16-8-6-14(7-9-16)13-4-2-12(3-5-13)10-15(17)11-18/h2-9,15,18H,10-11,17H2,1H3. The van der Waals surface area contributed by atoms with E-state index < -0.39 is 0 Å². The predicted molar refractivity (Wildman–Crippen MR) is 77.2 cm³/mol. The lowest BCUT2D eigenvalue weighted by atomic mass is 10.0. The number of nitrogens with two attached hydrogens (primary N) is 1. The molecule has 0 bridgehead atoms. The van der Waals surface area contributed by atoms with Gasteiger partial charge in [0.2, 0.25) is 0 Å². The van der Waals surface area contributed by atoms with Gasteiger partial charge in [-0.3, -0.25) is 0 Å². The van der Waals surface area contributed by atoms with Gasteiger partial charge in [-0.1, -0.05) is 36.4 Å². The van der Waals surface area contributed by atoms with E-state index in [-0.39, 0.29) is 12.6 Å². The monoisotopic (exact) mass is 257 g/mol. The van der Waals surface area contributed by atoms with Crippen LogP contribution in [0.2, 0.25) is 0 Å². The summed E-state index contributed by atoms with van der Waals surface area (Å²) in [4.78, 5) is 0. The molecule has 100 valence electrons. The summed E-state index contributed by atoms with van der Waals surface area (Å²) in [7, 11) is 1.66. The number of ether oxygens (including phenoxy) is 1. The smallest absolute Gasteiger partial charge is 0.118 e. The van der Waals surface area contributed by atoms with Crippen molar-refractivity contribution in [3.63, 3.8) is 0 Å². The van der Waals surface area contributed by atoms with E-state index in [4.69, 9.17) is 15.6 Å². The fourth-order valence-corrected chi connectivity index (χ4v) is 1.98. The SMILES string of the molecule is COc1ccc(-c2ccc(CC(N)CO)cc2)cc1. The van der Waals surface area contributed by atoms with Gasteiger partial charge < -0.3 is 15.6 Å². The average Bonchev–Trinajstić information content (AvgIpc) is 2.48. The first-order chi connectivity index (χ1) is 9.22. The molecule has 0 aromatic heterocycles. The Morgan fingerprint density at radius 3 is 2.00 bits per heavy atom. The number of hydrogen-bond acceptors (Lipinski definition) is 3. The van der Waals surface area contributed by atoms with Crippen LogP contribution in [0.4, 0.5) is 0 Å². The fourth-order valence-electron chi connectivity index (χ4n) is 1.98. The second kappa shape index (κ2) is 6.36. The molecule has 2 rings (SSSR count). The number of aliphatic hydroxyl groups excluding tert-OH is 1. The highest BCUT2D eigenvalue weighted by molar-refractivity contribution is 5.64. The van der Waals surface area contributed by atoms with Crippen LogP contribution in [-0.2, 0) is 6.42 Å². The van der Waals surface area contributed by atoms with Gasteiger partial charge in [0.25, 0.3) is 0 Å². The molecule has 0 fully saturated rings. The third kappa shape index (κ3) is 3.56. The van der Waals surface area contributed by atoms with Crippen LogP contribution in [0, 0.1) is 0 Å². The van der Waals surface area contributed by atoms with Gasteiger partial charge >= 0.3 is 0 Å². The largest absolute Gasteiger partial charge is 0.497 e. The molecule has 0 radical (unpaired) electrons. The van der Waals surface area contributed by atoms with Gasteiger partial charge in [-0.25, -0.2) is 0 Å². The average molecular weight is 257 g/mol. The van der Waals surface area contributed by atoms with E-state index in [1.54, 1.807) is 7.11 Å². The molecule has 0 aliphatic heterocycles. The molecule has 3 heteroatoms. The number of rotatable bonds is 5. The maximum absolute atomic E-state index is 8.94. The molecule has 0 spiro atoms. The zero-order valence-corrected chi connectivity index (χ0v) is 11.0. The van der Waals surface area contributed by atoms with Crippen LogP contribution in [0.5, 0.6) is 5.75 Å². The fraction of sp³-hybridized carbons (Fsp3) is 0.250. The molecule has 3 N–H and O–H groups in total. The maximum atomic E-state index is 8.94. The van der Waals surface area contributed by atoms with Gasteiger partial charge in [0.1, 0.15) is 5.75 Å². The Balaban J connectivity index is 2.12. The molecule has 0 amide bonds. The summed E-state index contributed by atoms with van der Waals surface area (Å²) in [6, 6.07) is 16.0. The second-order valence-electron chi connectivity index (χ2n) is 4.57. The summed E-state index contributed by atoms with van der Waals surface area (Å²) >= 11 is 0. The van der Waals surface area contributed by atoms with Gasteiger partial charge in [0.05, 0.1) is 13.7 Å². The summed E-state index contributed by atoms with van der Waals surface area (Å²) in [6.45, 7) is 0.0141. The lowest BCUT2D eigenvalue weighted by molar-refractivity contribution is 0.265. The molecular weight excluding hydrogens is 238 g/mol. The Morgan fingerprint density at radius 2 is 1.53 bits per heavy atom. The number of methoxy groups -OCH3 is 1. The highest BCUT2D eigenvalue weighted by atomic mass is 16.5. The Kier molecular flexibility index (Phi) is 4.55. The van der Waals surface area contributed by atoms with Crippen LogP contribution in [0.15, 0.2) is 48.5 Å². The summed E-state index contributed by atoms with van der Waals surface area (Å²) in [5.74, 6) is 0.856. The molecule has 3 nitrogen and oxygen atoms in total. The van der Waals surface area contributed by atoms with E-state index in [9.17, 15) is 0 Å². The van der Waals surface area contributed by atoms with E-state index >= 15 is 0 Å². The topological polar surface area (TPSA) is 55.5 Å². The van der Waals surface area contributed by atoms with E-state index in [2.05, 4.69) is 24.3 Å².